The maximum absolute atomic E-state index is 12.8. The standard InChI is InChI=1S/C20H21N3O2S/c1-11-17-14(10-12-18(17)20(12,2)3)23(21-11)16(24)8-9-22-13-6-4-5-7-15(13)26-19(22)25/h4-7,12,18H,8-10H2,1-3H3/t12-,18-/m1/s1. The number of rotatable bonds is 3. The highest BCUT2D eigenvalue weighted by Crippen LogP contribution is 2.70. The van der Waals surface area contributed by atoms with Crippen molar-refractivity contribution in [3.05, 3.63) is 50.9 Å². The number of aromatic nitrogens is 3. The van der Waals surface area contributed by atoms with Gasteiger partial charge in [-0.25, -0.2) is 4.68 Å². The molecule has 0 aliphatic heterocycles. The van der Waals surface area contributed by atoms with E-state index in [4.69, 9.17) is 0 Å². The maximum Gasteiger partial charge on any atom is 0.308 e. The van der Waals surface area contributed by atoms with Gasteiger partial charge in [0.2, 0.25) is 5.91 Å². The van der Waals surface area contributed by atoms with Crippen LogP contribution in [0.2, 0.25) is 0 Å². The Bertz CT molecular complexity index is 1120. The number of benzene rings is 1. The van der Waals surface area contributed by atoms with Crippen LogP contribution in [-0.2, 0) is 13.0 Å². The van der Waals surface area contributed by atoms with Gasteiger partial charge in [0.05, 0.1) is 21.6 Å². The van der Waals surface area contributed by atoms with Crippen LogP contribution in [0.3, 0.4) is 0 Å². The smallest absolute Gasteiger partial charge is 0.298 e. The molecule has 1 saturated carbocycles. The topological polar surface area (TPSA) is 56.9 Å². The summed E-state index contributed by atoms with van der Waals surface area (Å²) in [6.07, 6.45) is 1.23. The van der Waals surface area contributed by atoms with Gasteiger partial charge in [0.25, 0.3) is 0 Å². The normalized spacial score (nSPS) is 22.4. The number of fused-ring (bicyclic) bond motifs is 4. The molecule has 1 aromatic carbocycles. The molecule has 2 atom stereocenters. The second-order valence-electron chi connectivity index (χ2n) is 8.10. The lowest BCUT2D eigenvalue weighted by Crippen LogP contribution is -2.21. The lowest BCUT2D eigenvalue weighted by Gasteiger charge is -2.10. The summed E-state index contributed by atoms with van der Waals surface area (Å²) in [5.41, 5.74) is 4.64. The van der Waals surface area contributed by atoms with Gasteiger partial charge in [0.15, 0.2) is 0 Å². The van der Waals surface area contributed by atoms with Gasteiger partial charge in [-0.2, -0.15) is 5.10 Å². The molecule has 6 heteroatoms. The number of para-hydroxylation sites is 1. The van der Waals surface area contributed by atoms with E-state index in [0.29, 0.717) is 23.8 Å². The third-order valence-corrected chi connectivity index (χ3v) is 7.30. The fourth-order valence-corrected chi connectivity index (χ4v) is 5.76. The van der Waals surface area contributed by atoms with E-state index in [1.807, 2.05) is 31.2 Å². The zero-order valence-electron chi connectivity index (χ0n) is 15.2. The van der Waals surface area contributed by atoms with Crippen molar-refractivity contribution in [2.45, 2.75) is 46.1 Å². The molecule has 1 fully saturated rings. The first-order valence-corrected chi connectivity index (χ1v) is 9.91. The van der Waals surface area contributed by atoms with Crippen LogP contribution in [0.25, 0.3) is 10.2 Å². The molecule has 2 aliphatic rings. The predicted octanol–water partition coefficient (Wildman–Crippen LogP) is 3.59. The van der Waals surface area contributed by atoms with Crippen LogP contribution < -0.4 is 4.87 Å². The number of thiazole rings is 1. The largest absolute Gasteiger partial charge is 0.308 e. The first-order valence-electron chi connectivity index (χ1n) is 9.09. The Morgan fingerprint density at radius 2 is 2.12 bits per heavy atom. The van der Waals surface area contributed by atoms with E-state index in [1.165, 1.54) is 16.9 Å². The van der Waals surface area contributed by atoms with E-state index in [1.54, 1.807) is 9.25 Å². The van der Waals surface area contributed by atoms with E-state index in [0.717, 1.165) is 28.0 Å². The van der Waals surface area contributed by atoms with Gasteiger partial charge in [-0.15, -0.1) is 0 Å². The minimum Gasteiger partial charge on any atom is -0.298 e. The quantitative estimate of drug-likeness (QED) is 0.711. The Hall–Kier alpha value is -2.21. The average molecular weight is 367 g/mol. The van der Waals surface area contributed by atoms with Gasteiger partial charge < -0.3 is 0 Å². The van der Waals surface area contributed by atoms with Crippen molar-refractivity contribution in [3.8, 4) is 0 Å². The fraction of sp³-hybridized carbons (Fsp3) is 0.450. The number of carbonyl (C=O) groups is 1. The molecular weight excluding hydrogens is 346 g/mol. The summed E-state index contributed by atoms with van der Waals surface area (Å²) in [5.74, 6) is 1.19. The lowest BCUT2D eigenvalue weighted by atomic mass is 9.98. The Labute approximate surface area is 155 Å². The van der Waals surface area contributed by atoms with Crippen LogP contribution in [-0.4, -0.2) is 20.3 Å². The third kappa shape index (κ3) is 2.05. The average Bonchev–Trinajstić information content (AvgIpc) is 3.00. The van der Waals surface area contributed by atoms with Crippen LogP contribution in [0.15, 0.2) is 29.1 Å². The highest BCUT2D eigenvalue weighted by Gasteiger charge is 2.64. The summed E-state index contributed by atoms with van der Waals surface area (Å²) in [4.78, 5) is 25.1. The van der Waals surface area contributed by atoms with Crippen LogP contribution in [0.4, 0.5) is 0 Å². The number of aryl methyl sites for hydroxylation is 2. The predicted molar refractivity (Wildman–Crippen MR) is 102 cm³/mol. The Morgan fingerprint density at radius 1 is 1.35 bits per heavy atom. The summed E-state index contributed by atoms with van der Waals surface area (Å²) in [6, 6.07) is 7.72. The van der Waals surface area contributed by atoms with Gasteiger partial charge in [-0.1, -0.05) is 37.3 Å². The summed E-state index contributed by atoms with van der Waals surface area (Å²) < 4.78 is 4.28. The Kier molecular flexibility index (Phi) is 3.18. The van der Waals surface area contributed by atoms with Crippen molar-refractivity contribution in [2.75, 3.05) is 0 Å². The van der Waals surface area contributed by atoms with E-state index < -0.39 is 0 Å². The highest BCUT2D eigenvalue weighted by atomic mass is 32.1. The monoisotopic (exact) mass is 367 g/mol. The first kappa shape index (κ1) is 16.0. The van der Waals surface area contributed by atoms with Gasteiger partial charge in [0, 0.05) is 18.5 Å². The van der Waals surface area contributed by atoms with Crippen LogP contribution in [0.1, 0.15) is 47.9 Å². The first-order chi connectivity index (χ1) is 12.4. The van der Waals surface area contributed by atoms with Gasteiger partial charge in [-0.3, -0.25) is 14.2 Å². The van der Waals surface area contributed by atoms with Crippen molar-refractivity contribution in [1.29, 1.82) is 0 Å². The van der Waals surface area contributed by atoms with Crippen LogP contribution in [0, 0.1) is 18.3 Å². The Morgan fingerprint density at radius 3 is 2.92 bits per heavy atom. The van der Waals surface area contributed by atoms with Gasteiger partial charge in [0.1, 0.15) is 0 Å². The summed E-state index contributed by atoms with van der Waals surface area (Å²) in [6.45, 7) is 7.01. The number of carbonyl (C=O) groups excluding carboxylic acids is 1. The van der Waals surface area contributed by atoms with E-state index in [9.17, 15) is 9.59 Å². The number of hydrogen-bond acceptors (Lipinski definition) is 4. The molecule has 0 saturated heterocycles. The molecule has 3 aromatic rings. The molecule has 2 aromatic heterocycles. The molecule has 0 bridgehead atoms. The molecule has 2 aliphatic carbocycles. The zero-order chi connectivity index (χ0) is 18.2. The molecule has 0 amide bonds. The van der Waals surface area contributed by atoms with E-state index >= 15 is 0 Å². The molecule has 0 unspecified atom stereocenters. The lowest BCUT2D eigenvalue weighted by molar-refractivity contribution is 0.0876. The van der Waals surface area contributed by atoms with Crippen molar-refractivity contribution in [3.63, 3.8) is 0 Å². The van der Waals surface area contributed by atoms with Crippen molar-refractivity contribution in [1.82, 2.24) is 14.3 Å². The highest BCUT2D eigenvalue weighted by molar-refractivity contribution is 7.16. The molecule has 5 rings (SSSR count). The molecular formula is C20H21N3O2S. The van der Waals surface area contributed by atoms with Gasteiger partial charge >= 0.3 is 4.87 Å². The second kappa shape index (κ2) is 5.16. The van der Waals surface area contributed by atoms with Crippen LogP contribution in [0.5, 0.6) is 0 Å². The Balaban J connectivity index is 1.41. The van der Waals surface area contributed by atoms with Crippen LogP contribution >= 0.6 is 11.3 Å². The second-order valence-corrected chi connectivity index (χ2v) is 9.09. The number of hydrogen-bond donors (Lipinski definition) is 0. The van der Waals surface area contributed by atoms with E-state index in [-0.39, 0.29) is 17.2 Å². The molecule has 26 heavy (non-hydrogen) atoms. The summed E-state index contributed by atoms with van der Waals surface area (Å²) in [5, 5.41) is 4.54. The fourth-order valence-electron chi connectivity index (χ4n) is 4.84. The number of nitrogens with zero attached hydrogens (tertiary/aromatic N) is 3. The minimum absolute atomic E-state index is 0.0103. The SMILES string of the molecule is Cc1nn(C(=O)CCn2c(=O)sc3ccccc32)c2c1[C@H]1[C@@H](C2)C1(C)C. The molecule has 0 N–H and O–H groups in total. The van der Waals surface area contributed by atoms with Crippen molar-refractivity contribution < 1.29 is 4.79 Å². The minimum atomic E-state index is -0.0179. The molecule has 2 heterocycles. The summed E-state index contributed by atoms with van der Waals surface area (Å²) in [7, 11) is 0. The van der Waals surface area contributed by atoms with Gasteiger partial charge in [-0.05, 0) is 42.7 Å². The molecule has 134 valence electrons. The van der Waals surface area contributed by atoms with Crippen molar-refractivity contribution in [2.24, 2.45) is 11.3 Å². The molecule has 0 radical (unpaired) electrons. The zero-order valence-corrected chi connectivity index (χ0v) is 16.0. The molecule has 0 spiro atoms. The maximum atomic E-state index is 12.8. The molecule has 5 nitrogen and oxygen atoms in total. The summed E-state index contributed by atoms with van der Waals surface area (Å²) >= 11 is 1.23. The third-order valence-electron chi connectivity index (χ3n) is 6.34. The van der Waals surface area contributed by atoms with Crippen molar-refractivity contribution >= 4 is 27.5 Å². The van der Waals surface area contributed by atoms with E-state index in [2.05, 4.69) is 18.9 Å².